The van der Waals surface area contributed by atoms with Crippen LogP contribution < -0.4 is 24.3 Å². The third kappa shape index (κ3) is 9.37. The van der Waals surface area contributed by atoms with Crippen LogP contribution in [0.4, 0.5) is 0 Å². The third-order valence-electron chi connectivity index (χ3n) is 6.29. The monoisotopic (exact) mass is 634 g/mol. The Kier molecular flexibility index (Phi) is 11.3. The maximum atomic E-state index is 11.9. The lowest BCUT2D eigenvalue weighted by Crippen LogP contribution is -2.34. The summed E-state index contributed by atoms with van der Waals surface area (Å²) in [6.07, 6.45) is -1.19. The third-order valence-corrected chi connectivity index (χ3v) is 6.84. The molecule has 0 spiro atoms. The Morgan fingerprint density at radius 1 is 1.00 bits per heavy atom. The first-order chi connectivity index (χ1) is 20.6. The van der Waals surface area contributed by atoms with Crippen molar-refractivity contribution in [1.82, 2.24) is 10.4 Å². The van der Waals surface area contributed by atoms with Crippen LogP contribution in [0.2, 0.25) is 10.0 Å². The predicted octanol–water partition coefficient (Wildman–Crippen LogP) is 4.68. The van der Waals surface area contributed by atoms with Crippen LogP contribution in [0, 0.1) is 5.92 Å². The van der Waals surface area contributed by atoms with Gasteiger partial charge in [-0.3, -0.25) is 14.4 Å². The number of amides is 1. The molecule has 1 aliphatic rings. The first kappa shape index (κ1) is 32.2. The van der Waals surface area contributed by atoms with Gasteiger partial charge >= 0.3 is 5.97 Å². The number of benzene rings is 3. The standard InChI is InChI=1S/C30H32Cl2N2O9/c1-18(30(37)38)15-39-26-12-27(28(11-25(26)32)43-23-7-3-19(4-8-23)29(36)33-2)40-16-21(35)13-34-14-24(17-41-34)42-22-9-5-20(31)6-10-22/h3-12,18,21,24,35H,13-17H2,1-2H3,(H,33,36)(H,37,38)/t18?,21-,24+/m0/s1. The number of halogens is 2. The fourth-order valence-corrected chi connectivity index (χ4v) is 4.28. The highest BCUT2D eigenvalue weighted by atomic mass is 35.5. The summed E-state index contributed by atoms with van der Waals surface area (Å²) in [6.45, 7) is 2.14. The fourth-order valence-electron chi connectivity index (χ4n) is 3.95. The van der Waals surface area contributed by atoms with Crippen molar-refractivity contribution < 1.29 is 43.6 Å². The van der Waals surface area contributed by atoms with Crippen molar-refractivity contribution in [3.05, 3.63) is 76.3 Å². The summed E-state index contributed by atoms with van der Waals surface area (Å²) < 4.78 is 23.5. The van der Waals surface area contributed by atoms with Gasteiger partial charge in [-0.2, -0.15) is 5.06 Å². The molecule has 1 unspecified atom stereocenters. The second kappa shape index (κ2) is 15.1. The zero-order valence-electron chi connectivity index (χ0n) is 23.5. The zero-order valence-corrected chi connectivity index (χ0v) is 25.0. The van der Waals surface area contributed by atoms with Gasteiger partial charge in [0.2, 0.25) is 0 Å². The number of rotatable bonds is 14. The van der Waals surface area contributed by atoms with Gasteiger partial charge in [-0.05, 0) is 55.5 Å². The number of aliphatic hydroxyl groups is 1. The summed E-state index contributed by atoms with van der Waals surface area (Å²) in [5, 5.41) is 24.8. The summed E-state index contributed by atoms with van der Waals surface area (Å²) in [4.78, 5) is 28.7. The van der Waals surface area contributed by atoms with Crippen LogP contribution in [0.5, 0.6) is 28.7 Å². The van der Waals surface area contributed by atoms with Gasteiger partial charge in [-0.15, -0.1) is 0 Å². The second-order valence-electron chi connectivity index (χ2n) is 9.79. The number of nitrogens with zero attached hydrogens (tertiary/aromatic N) is 1. The zero-order chi connectivity index (χ0) is 30.9. The molecule has 13 heteroatoms. The molecule has 1 aliphatic heterocycles. The average molecular weight is 635 g/mol. The molecule has 0 saturated carbocycles. The number of carbonyl (C=O) groups is 2. The maximum Gasteiger partial charge on any atom is 0.309 e. The molecule has 3 aromatic rings. The molecule has 1 fully saturated rings. The van der Waals surface area contributed by atoms with Gasteiger partial charge in [0.15, 0.2) is 11.5 Å². The van der Waals surface area contributed by atoms with Crippen LogP contribution in [0.1, 0.15) is 17.3 Å². The highest BCUT2D eigenvalue weighted by molar-refractivity contribution is 6.32. The van der Waals surface area contributed by atoms with Crippen molar-refractivity contribution in [3.63, 3.8) is 0 Å². The van der Waals surface area contributed by atoms with Crippen molar-refractivity contribution in [2.75, 3.05) is 40.0 Å². The van der Waals surface area contributed by atoms with E-state index < -0.39 is 18.0 Å². The molecule has 3 N–H and O–H groups in total. The Morgan fingerprint density at radius 3 is 2.35 bits per heavy atom. The Hall–Kier alpha value is -3.74. The van der Waals surface area contributed by atoms with Crippen molar-refractivity contribution >= 4 is 35.1 Å². The van der Waals surface area contributed by atoms with Crippen LogP contribution in [0.25, 0.3) is 0 Å². The van der Waals surface area contributed by atoms with Crippen molar-refractivity contribution in [2.45, 2.75) is 19.1 Å². The number of carboxylic acid groups (broad SMARTS) is 1. The molecular weight excluding hydrogens is 603 g/mol. The van der Waals surface area contributed by atoms with E-state index in [1.807, 2.05) is 0 Å². The van der Waals surface area contributed by atoms with E-state index in [1.165, 1.54) is 26.1 Å². The number of carbonyl (C=O) groups excluding carboxylic acids is 1. The Balaban J connectivity index is 1.41. The van der Waals surface area contributed by atoms with Crippen LogP contribution in [0.3, 0.4) is 0 Å². The Bertz CT molecular complexity index is 1390. The molecule has 0 aliphatic carbocycles. The van der Waals surface area contributed by atoms with E-state index in [0.717, 1.165) is 0 Å². The number of carboxylic acids is 1. The number of nitrogens with one attached hydrogen (secondary N) is 1. The lowest BCUT2D eigenvalue weighted by atomic mass is 10.2. The van der Waals surface area contributed by atoms with Crippen LogP contribution in [-0.4, -0.2) is 79.3 Å². The lowest BCUT2D eigenvalue weighted by molar-refractivity contribution is -0.142. The first-order valence-electron chi connectivity index (χ1n) is 13.4. The molecule has 0 aromatic heterocycles. The molecule has 43 heavy (non-hydrogen) atoms. The number of aliphatic hydroxyl groups excluding tert-OH is 1. The average Bonchev–Trinajstić information content (AvgIpc) is 3.43. The minimum atomic E-state index is -1.01. The Morgan fingerprint density at radius 2 is 1.67 bits per heavy atom. The van der Waals surface area contributed by atoms with Crippen LogP contribution in [0.15, 0.2) is 60.7 Å². The quantitative estimate of drug-likeness (QED) is 0.229. The molecule has 11 nitrogen and oxygen atoms in total. The van der Waals surface area contributed by atoms with Gasteiger partial charge in [-0.1, -0.05) is 23.2 Å². The van der Waals surface area contributed by atoms with E-state index >= 15 is 0 Å². The molecule has 230 valence electrons. The summed E-state index contributed by atoms with van der Waals surface area (Å²) in [6, 6.07) is 16.4. The maximum absolute atomic E-state index is 11.9. The van der Waals surface area contributed by atoms with Crippen molar-refractivity contribution in [3.8, 4) is 28.7 Å². The highest BCUT2D eigenvalue weighted by Crippen LogP contribution is 2.40. The van der Waals surface area contributed by atoms with Crippen molar-refractivity contribution in [1.29, 1.82) is 0 Å². The van der Waals surface area contributed by atoms with E-state index in [-0.39, 0.29) is 54.0 Å². The smallest absolute Gasteiger partial charge is 0.309 e. The highest BCUT2D eigenvalue weighted by Gasteiger charge is 2.27. The van der Waals surface area contributed by atoms with Gasteiger partial charge in [0.05, 0.1) is 24.0 Å². The normalized spacial score (nSPS) is 16.3. The molecule has 4 rings (SSSR count). The molecule has 1 amide bonds. The van der Waals surface area contributed by atoms with E-state index in [1.54, 1.807) is 53.6 Å². The van der Waals surface area contributed by atoms with Gasteiger partial charge in [0, 0.05) is 29.8 Å². The topological polar surface area (TPSA) is 136 Å². The van der Waals surface area contributed by atoms with Gasteiger partial charge in [0.25, 0.3) is 5.91 Å². The minimum Gasteiger partial charge on any atom is -0.491 e. The molecule has 1 saturated heterocycles. The van der Waals surface area contributed by atoms with Gasteiger partial charge < -0.3 is 34.5 Å². The van der Waals surface area contributed by atoms with E-state index in [0.29, 0.717) is 35.2 Å². The minimum absolute atomic E-state index is 0.121. The molecule has 1 heterocycles. The SMILES string of the molecule is CNC(=O)c1ccc(Oc2cc(Cl)c(OCC(C)C(=O)O)cc2OC[C@@H](O)CN2C[C@@H](Oc3ccc(Cl)cc3)CO2)cc1. The van der Waals surface area contributed by atoms with Crippen molar-refractivity contribution in [2.24, 2.45) is 5.92 Å². The summed E-state index contributed by atoms with van der Waals surface area (Å²) >= 11 is 12.3. The number of ether oxygens (including phenoxy) is 4. The van der Waals surface area contributed by atoms with Crippen LogP contribution >= 0.6 is 23.2 Å². The first-order valence-corrected chi connectivity index (χ1v) is 14.2. The number of hydrogen-bond acceptors (Lipinski definition) is 9. The summed E-state index contributed by atoms with van der Waals surface area (Å²) in [5.74, 6) is -0.357. The fraction of sp³-hybridized carbons (Fsp3) is 0.333. The van der Waals surface area contributed by atoms with E-state index in [9.17, 15) is 19.8 Å². The number of hydroxylamine groups is 2. The second-order valence-corrected chi connectivity index (χ2v) is 10.6. The molecular formula is C30H32Cl2N2O9. The predicted molar refractivity (Wildman–Crippen MR) is 159 cm³/mol. The number of β-amino-alcohol motifs (C(OH)–C–C–N with tert-alkyl or cyclic N) is 1. The Labute approximate surface area is 258 Å². The largest absolute Gasteiger partial charge is 0.491 e. The van der Waals surface area contributed by atoms with Gasteiger partial charge in [-0.25, -0.2) is 0 Å². The summed E-state index contributed by atoms with van der Waals surface area (Å²) in [5.41, 5.74) is 0.453. The molecule has 0 bridgehead atoms. The van der Waals surface area contributed by atoms with E-state index in [2.05, 4.69) is 5.32 Å². The van der Waals surface area contributed by atoms with E-state index in [4.69, 9.17) is 47.0 Å². The number of hydrogen-bond donors (Lipinski definition) is 3. The lowest BCUT2D eigenvalue weighted by Gasteiger charge is -2.20. The molecule has 0 radical (unpaired) electrons. The molecule has 3 aromatic carbocycles. The van der Waals surface area contributed by atoms with Gasteiger partial charge in [0.1, 0.15) is 49.3 Å². The molecule has 3 atom stereocenters. The number of aliphatic carboxylic acids is 1. The summed E-state index contributed by atoms with van der Waals surface area (Å²) in [7, 11) is 1.54. The van der Waals surface area contributed by atoms with Crippen LogP contribution in [-0.2, 0) is 9.63 Å².